The predicted molar refractivity (Wildman–Crippen MR) is 184 cm³/mol. The van der Waals surface area contributed by atoms with Gasteiger partial charge >= 0.3 is 0 Å². The van der Waals surface area contributed by atoms with Gasteiger partial charge in [0.05, 0.1) is 44.4 Å². The molecule has 4 aromatic rings. The highest BCUT2D eigenvalue weighted by Crippen LogP contribution is 2.56. The van der Waals surface area contributed by atoms with Crippen LogP contribution in [0.15, 0.2) is 111 Å². The topological polar surface area (TPSA) is 36.9 Å². The van der Waals surface area contributed by atoms with Gasteiger partial charge in [-0.05, 0) is 69.5 Å². The fraction of sp³-hybridized carbons (Fsp3) is 0.317. The molecule has 0 spiro atoms. The standard InChI is InChI=1S/C41H46O4/c1-5-15-31-29-33(21-23-39(31)44-27-13-25-42-7-3)41(37-19-11-9-17-35(37)36-18-10-12-20-38(36)41)34-22-24-40(32(30-34)16-6-2)45-28-14-26-43-8-4/h7-12,17-24,29-30H,3-6,13-16,25-28H2,1-2H3. The Morgan fingerprint density at radius 3 is 1.44 bits per heavy atom. The van der Waals surface area contributed by atoms with Crippen molar-refractivity contribution in [3.63, 3.8) is 0 Å². The van der Waals surface area contributed by atoms with Gasteiger partial charge < -0.3 is 18.9 Å². The predicted octanol–water partition coefficient (Wildman–Crippen LogP) is 9.81. The minimum absolute atomic E-state index is 0.481. The van der Waals surface area contributed by atoms with Crippen LogP contribution in [0.3, 0.4) is 0 Å². The average Bonchev–Trinajstić information content (AvgIpc) is 3.37. The number of hydrogen-bond acceptors (Lipinski definition) is 4. The van der Waals surface area contributed by atoms with E-state index in [9.17, 15) is 0 Å². The Balaban J connectivity index is 1.65. The van der Waals surface area contributed by atoms with Crippen molar-refractivity contribution in [3.05, 3.63) is 144 Å². The SMILES string of the molecule is C=COCCCOc1ccc(C2(c3ccc(OCCCOC=C)c(CCC)c3)c3ccccc3-c3ccccc32)cc1CCC. The van der Waals surface area contributed by atoms with E-state index in [0.717, 1.165) is 50.0 Å². The lowest BCUT2D eigenvalue weighted by molar-refractivity contribution is 0.208. The van der Waals surface area contributed by atoms with Crippen molar-refractivity contribution in [2.45, 2.75) is 57.8 Å². The van der Waals surface area contributed by atoms with Crippen LogP contribution in [0.25, 0.3) is 11.1 Å². The van der Waals surface area contributed by atoms with Crippen LogP contribution in [0.4, 0.5) is 0 Å². The van der Waals surface area contributed by atoms with Gasteiger partial charge in [0.25, 0.3) is 0 Å². The molecule has 0 saturated carbocycles. The molecule has 0 amide bonds. The third-order valence-electron chi connectivity index (χ3n) is 8.54. The molecule has 0 heterocycles. The Morgan fingerprint density at radius 1 is 0.578 bits per heavy atom. The van der Waals surface area contributed by atoms with Crippen LogP contribution in [0.5, 0.6) is 11.5 Å². The number of hydrogen-bond donors (Lipinski definition) is 0. The fourth-order valence-corrected chi connectivity index (χ4v) is 6.68. The first-order chi connectivity index (χ1) is 22.2. The second kappa shape index (κ2) is 15.5. The van der Waals surface area contributed by atoms with E-state index in [1.165, 1.54) is 57.0 Å². The maximum absolute atomic E-state index is 6.32. The zero-order valence-corrected chi connectivity index (χ0v) is 26.9. The van der Waals surface area contributed by atoms with E-state index in [1.807, 2.05) is 0 Å². The molecule has 0 saturated heterocycles. The van der Waals surface area contributed by atoms with Crippen LogP contribution in [0.1, 0.15) is 72.9 Å². The van der Waals surface area contributed by atoms with E-state index < -0.39 is 5.41 Å². The van der Waals surface area contributed by atoms with Gasteiger partial charge in [-0.3, -0.25) is 0 Å². The molecular weight excluding hydrogens is 556 g/mol. The van der Waals surface area contributed by atoms with E-state index in [2.05, 4.69) is 112 Å². The summed E-state index contributed by atoms with van der Waals surface area (Å²) in [7, 11) is 0. The van der Waals surface area contributed by atoms with Crippen molar-refractivity contribution in [3.8, 4) is 22.6 Å². The second-order valence-electron chi connectivity index (χ2n) is 11.5. The molecule has 1 aliphatic carbocycles. The number of rotatable bonds is 18. The Kier molecular flexibility index (Phi) is 11.0. The Morgan fingerprint density at radius 2 is 1.02 bits per heavy atom. The first-order valence-corrected chi connectivity index (χ1v) is 16.4. The van der Waals surface area contributed by atoms with Crippen molar-refractivity contribution in [2.24, 2.45) is 0 Å². The normalized spacial score (nSPS) is 12.6. The molecule has 0 N–H and O–H groups in total. The molecular formula is C41H46O4. The van der Waals surface area contributed by atoms with E-state index >= 15 is 0 Å². The summed E-state index contributed by atoms with van der Waals surface area (Å²) in [4.78, 5) is 0. The smallest absolute Gasteiger partial charge is 0.122 e. The van der Waals surface area contributed by atoms with E-state index in [-0.39, 0.29) is 0 Å². The number of aryl methyl sites for hydroxylation is 2. The number of fused-ring (bicyclic) bond motifs is 3. The Hall–Kier alpha value is -4.44. The molecule has 0 atom stereocenters. The summed E-state index contributed by atoms with van der Waals surface area (Å²) in [5.41, 5.74) is 9.67. The quantitative estimate of drug-likeness (QED) is 0.0739. The third-order valence-corrected chi connectivity index (χ3v) is 8.54. The first kappa shape index (κ1) is 32.0. The van der Waals surface area contributed by atoms with Gasteiger partial charge in [0.2, 0.25) is 0 Å². The van der Waals surface area contributed by atoms with E-state index in [4.69, 9.17) is 18.9 Å². The second-order valence-corrected chi connectivity index (χ2v) is 11.5. The summed E-state index contributed by atoms with van der Waals surface area (Å²) in [6, 6.07) is 31.5. The molecule has 0 bridgehead atoms. The molecule has 4 nitrogen and oxygen atoms in total. The van der Waals surface area contributed by atoms with Crippen LogP contribution >= 0.6 is 0 Å². The summed E-state index contributed by atoms with van der Waals surface area (Å²) in [5.74, 6) is 1.90. The van der Waals surface area contributed by atoms with Gasteiger partial charge in [-0.25, -0.2) is 0 Å². The zero-order valence-electron chi connectivity index (χ0n) is 26.9. The molecule has 0 aromatic heterocycles. The highest BCUT2D eigenvalue weighted by Gasteiger charge is 2.46. The average molecular weight is 603 g/mol. The number of ether oxygens (including phenoxy) is 4. The van der Waals surface area contributed by atoms with Gasteiger partial charge in [0.1, 0.15) is 11.5 Å². The third kappa shape index (κ3) is 6.66. The molecule has 0 radical (unpaired) electrons. The molecule has 4 heteroatoms. The molecule has 0 aliphatic heterocycles. The minimum atomic E-state index is -0.481. The molecule has 5 rings (SSSR count). The summed E-state index contributed by atoms with van der Waals surface area (Å²) in [5, 5.41) is 0. The molecule has 234 valence electrons. The molecule has 45 heavy (non-hydrogen) atoms. The summed E-state index contributed by atoms with van der Waals surface area (Å²) in [6.07, 6.45) is 8.52. The van der Waals surface area contributed by atoms with Crippen molar-refractivity contribution in [1.82, 2.24) is 0 Å². The molecule has 1 aliphatic rings. The highest BCUT2D eigenvalue weighted by atomic mass is 16.5. The van der Waals surface area contributed by atoms with E-state index in [0.29, 0.717) is 26.4 Å². The first-order valence-electron chi connectivity index (χ1n) is 16.4. The number of benzene rings is 4. The maximum Gasteiger partial charge on any atom is 0.122 e. The lowest BCUT2D eigenvalue weighted by Crippen LogP contribution is -2.29. The van der Waals surface area contributed by atoms with E-state index in [1.54, 1.807) is 0 Å². The summed E-state index contributed by atoms with van der Waals surface area (Å²) in [6.45, 7) is 14.1. The van der Waals surface area contributed by atoms with Gasteiger partial charge in [0.15, 0.2) is 0 Å². The monoisotopic (exact) mass is 602 g/mol. The fourth-order valence-electron chi connectivity index (χ4n) is 6.68. The maximum atomic E-state index is 6.32. The van der Waals surface area contributed by atoms with Crippen molar-refractivity contribution in [2.75, 3.05) is 26.4 Å². The lowest BCUT2D eigenvalue weighted by Gasteiger charge is -2.35. The van der Waals surface area contributed by atoms with Crippen molar-refractivity contribution < 1.29 is 18.9 Å². The van der Waals surface area contributed by atoms with Gasteiger partial charge in [0, 0.05) is 12.8 Å². The molecule has 0 unspecified atom stereocenters. The summed E-state index contributed by atoms with van der Waals surface area (Å²) >= 11 is 0. The lowest BCUT2D eigenvalue weighted by atomic mass is 9.67. The Labute approximate surface area is 269 Å². The van der Waals surface area contributed by atoms with Gasteiger partial charge in [-0.1, -0.05) is 113 Å². The van der Waals surface area contributed by atoms with Crippen LogP contribution in [-0.4, -0.2) is 26.4 Å². The highest BCUT2D eigenvalue weighted by molar-refractivity contribution is 5.86. The largest absolute Gasteiger partial charge is 0.502 e. The van der Waals surface area contributed by atoms with Crippen LogP contribution < -0.4 is 9.47 Å². The summed E-state index contributed by atoms with van der Waals surface area (Å²) < 4.78 is 23.2. The van der Waals surface area contributed by atoms with Crippen LogP contribution in [0.2, 0.25) is 0 Å². The van der Waals surface area contributed by atoms with Crippen LogP contribution in [-0.2, 0) is 27.7 Å². The molecule has 4 aromatic carbocycles. The van der Waals surface area contributed by atoms with Crippen LogP contribution in [0, 0.1) is 0 Å². The van der Waals surface area contributed by atoms with Gasteiger partial charge in [-0.15, -0.1) is 0 Å². The van der Waals surface area contributed by atoms with Crippen molar-refractivity contribution >= 4 is 0 Å². The van der Waals surface area contributed by atoms with Gasteiger partial charge in [-0.2, -0.15) is 0 Å². The zero-order chi connectivity index (χ0) is 31.5. The minimum Gasteiger partial charge on any atom is -0.502 e. The molecule has 0 fully saturated rings. The van der Waals surface area contributed by atoms with Crippen molar-refractivity contribution in [1.29, 1.82) is 0 Å². The Bertz CT molecular complexity index is 1470.